The van der Waals surface area contributed by atoms with Gasteiger partial charge in [0.15, 0.2) is 0 Å². The van der Waals surface area contributed by atoms with Crippen LogP contribution in [0.2, 0.25) is 0 Å². The molecule has 0 saturated carbocycles. The number of allylic oxidation sites excluding steroid dienone is 1. The van der Waals surface area contributed by atoms with Crippen LogP contribution in [0.5, 0.6) is 0 Å². The van der Waals surface area contributed by atoms with E-state index in [9.17, 15) is 0 Å². The summed E-state index contributed by atoms with van der Waals surface area (Å²) in [6.07, 6.45) is 0. The van der Waals surface area contributed by atoms with E-state index in [1.165, 1.54) is 0 Å². The fourth-order valence-electron chi connectivity index (χ4n) is 1.24. The van der Waals surface area contributed by atoms with Crippen LogP contribution in [0.25, 0.3) is 0 Å². The molecule has 0 aliphatic heterocycles. The van der Waals surface area contributed by atoms with Crippen molar-refractivity contribution < 1.29 is 4.74 Å². The molecular weight excluding hydrogens is 186 g/mol. The second kappa shape index (κ2) is 5.44. The van der Waals surface area contributed by atoms with Crippen LogP contribution in [0.4, 0.5) is 5.69 Å². The Morgan fingerprint density at radius 3 is 2.40 bits per heavy atom. The molecule has 0 radical (unpaired) electrons. The molecule has 0 bridgehead atoms. The van der Waals surface area contributed by atoms with Crippen molar-refractivity contribution >= 4 is 5.69 Å². The van der Waals surface area contributed by atoms with Gasteiger partial charge in [-0.2, -0.15) is 0 Å². The minimum absolute atomic E-state index is 0.461. The maximum Gasteiger partial charge on any atom is 0.113 e. The molecule has 1 aromatic rings. The molecule has 2 heteroatoms. The zero-order valence-corrected chi connectivity index (χ0v) is 9.71. The maximum absolute atomic E-state index is 5.33. The Hall–Kier alpha value is -1.44. The molecular formula is C13H19NO. The van der Waals surface area contributed by atoms with Gasteiger partial charge in [0.25, 0.3) is 0 Å². The number of benzene rings is 1. The van der Waals surface area contributed by atoms with Gasteiger partial charge in [-0.1, -0.05) is 18.7 Å². The molecule has 1 aromatic carbocycles. The fourth-order valence-corrected chi connectivity index (χ4v) is 1.24. The lowest BCUT2D eigenvalue weighted by molar-refractivity contribution is 0.202. The van der Waals surface area contributed by atoms with E-state index in [1.807, 2.05) is 6.92 Å². The number of anilines is 1. The first-order valence-corrected chi connectivity index (χ1v) is 5.21. The van der Waals surface area contributed by atoms with Crippen LogP contribution in [0.1, 0.15) is 26.3 Å². The van der Waals surface area contributed by atoms with Crippen LogP contribution >= 0.6 is 0 Å². The highest BCUT2D eigenvalue weighted by atomic mass is 16.5. The summed E-state index contributed by atoms with van der Waals surface area (Å²) >= 11 is 0. The molecule has 0 atom stereocenters. The van der Waals surface area contributed by atoms with E-state index in [2.05, 4.69) is 50.0 Å². The van der Waals surface area contributed by atoms with Crippen LogP contribution in [-0.2, 0) is 11.3 Å². The molecule has 0 aliphatic rings. The predicted molar refractivity (Wildman–Crippen MR) is 64.8 cm³/mol. The van der Waals surface area contributed by atoms with E-state index in [0.717, 1.165) is 17.0 Å². The topological polar surface area (TPSA) is 21.3 Å². The molecule has 15 heavy (non-hydrogen) atoms. The van der Waals surface area contributed by atoms with Crippen molar-refractivity contribution in [3.8, 4) is 0 Å². The summed E-state index contributed by atoms with van der Waals surface area (Å²) < 4.78 is 5.33. The van der Waals surface area contributed by atoms with Gasteiger partial charge in [0.2, 0.25) is 0 Å². The van der Waals surface area contributed by atoms with Crippen LogP contribution in [0.15, 0.2) is 36.6 Å². The highest BCUT2D eigenvalue weighted by molar-refractivity contribution is 5.45. The van der Waals surface area contributed by atoms with Crippen molar-refractivity contribution in [3.05, 3.63) is 42.2 Å². The minimum Gasteiger partial charge on any atom is -0.494 e. The maximum atomic E-state index is 5.33. The van der Waals surface area contributed by atoms with Crippen molar-refractivity contribution in [2.24, 2.45) is 0 Å². The van der Waals surface area contributed by atoms with Crippen LogP contribution in [0, 0.1) is 0 Å². The summed E-state index contributed by atoms with van der Waals surface area (Å²) in [4.78, 5) is 0. The van der Waals surface area contributed by atoms with E-state index < -0.39 is 0 Å². The smallest absolute Gasteiger partial charge is 0.113 e. The molecule has 0 heterocycles. The summed E-state index contributed by atoms with van der Waals surface area (Å²) in [5, 5.41) is 3.34. The third-order valence-corrected chi connectivity index (χ3v) is 1.89. The van der Waals surface area contributed by atoms with Crippen molar-refractivity contribution in [3.63, 3.8) is 0 Å². The Morgan fingerprint density at radius 2 is 1.93 bits per heavy atom. The zero-order valence-electron chi connectivity index (χ0n) is 9.71. The van der Waals surface area contributed by atoms with Gasteiger partial charge in [-0.15, -0.1) is 0 Å². The molecule has 0 spiro atoms. The summed E-state index contributed by atoms with van der Waals surface area (Å²) in [6.45, 7) is 10.4. The monoisotopic (exact) mass is 205 g/mol. The second-order valence-electron chi connectivity index (χ2n) is 3.99. The number of hydrogen-bond donors (Lipinski definition) is 1. The first-order chi connectivity index (χ1) is 7.08. The van der Waals surface area contributed by atoms with Gasteiger partial charge in [-0.25, -0.2) is 0 Å². The van der Waals surface area contributed by atoms with Crippen LogP contribution < -0.4 is 5.32 Å². The third kappa shape index (κ3) is 4.54. The third-order valence-electron chi connectivity index (χ3n) is 1.89. The quantitative estimate of drug-likeness (QED) is 0.742. The first-order valence-electron chi connectivity index (χ1n) is 5.21. The molecule has 82 valence electrons. The number of rotatable bonds is 5. The Kier molecular flexibility index (Phi) is 4.22. The summed E-state index contributed by atoms with van der Waals surface area (Å²) in [7, 11) is 0. The first kappa shape index (κ1) is 11.6. The van der Waals surface area contributed by atoms with E-state index >= 15 is 0 Å². The normalized spacial score (nSPS) is 10.1. The SMILES string of the molecule is C=C(C)OCc1ccc(NC(C)C)cc1. The lowest BCUT2D eigenvalue weighted by Crippen LogP contribution is -2.09. The minimum atomic E-state index is 0.461. The second-order valence-corrected chi connectivity index (χ2v) is 3.99. The van der Waals surface area contributed by atoms with Crippen molar-refractivity contribution in [1.29, 1.82) is 0 Å². The molecule has 1 N–H and O–H groups in total. The fraction of sp³-hybridized carbons (Fsp3) is 0.385. The Labute approximate surface area is 92.0 Å². The molecule has 0 saturated heterocycles. The zero-order chi connectivity index (χ0) is 11.3. The van der Waals surface area contributed by atoms with Gasteiger partial charge < -0.3 is 10.1 Å². The summed E-state index contributed by atoms with van der Waals surface area (Å²) in [6, 6.07) is 8.72. The average molecular weight is 205 g/mol. The standard InChI is InChI=1S/C13H19NO/c1-10(2)14-13-7-5-12(6-8-13)9-15-11(3)4/h5-8,10,14H,3,9H2,1-2,4H3. The van der Waals surface area contributed by atoms with Crippen molar-refractivity contribution in [1.82, 2.24) is 0 Å². The highest BCUT2D eigenvalue weighted by Crippen LogP contribution is 2.12. The van der Waals surface area contributed by atoms with Gasteiger partial charge in [-0.05, 0) is 38.5 Å². The highest BCUT2D eigenvalue weighted by Gasteiger charge is 1.96. The Morgan fingerprint density at radius 1 is 1.33 bits per heavy atom. The number of hydrogen-bond acceptors (Lipinski definition) is 2. The molecule has 0 amide bonds. The number of nitrogens with one attached hydrogen (secondary N) is 1. The van der Waals surface area contributed by atoms with E-state index in [1.54, 1.807) is 0 Å². The molecule has 0 aliphatic carbocycles. The lowest BCUT2D eigenvalue weighted by Gasteiger charge is -2.10. The van der Waals surface area contributed by atoms with Crippen molar-refractivity contribution in [2.75, 3.05) is 5.32 Å². The molecule has 2 nitrogen and oxygen atoms in total. The lowest BCUT2D eigenvalue weighted by atomic mass is 10.2. The average Bonchev–Trinajstić information content (AvgIpc) is 2.16. The van der Waals surface area contributed by atoms with E-state index in [4.69, 9.17) is 4.74 Å². The van der Waals surface area contributed by atoms with Gasteiger partial charge in [-0.3, -0.25) is 0 Å². The van der Waals surface area contributed by atoms with E-state index in [-0.39, 0.29) is 0 Å². The van der Waals surface area contributed by atoms with Crippen LogP contribution in [-0.4, -0.2) is 6.04 Å². The largest absolute Gasteiger partial charge is 0.494 e. The Balaban J connectivity index is 2.52. The van der Waals surface area contributed by atoms with Gasteiger partial charge in [0.1, 0.15) is 6.61 Å². The van der Waals surface area contributed by atoms with Crippen LogP contribution in [0.3, 0.4) is 0 Å². The summed E-state index contributed by atoms with van der Waals surface area (Å²) in [5.74, 6) is 0.749. The van der Waals surface area contributed by atoms with Gasteiger partial charge in [0.05, 0.1) is 5.76 Å². The molecule has 0 unspecified atom stereocenters. The summed E-state index contributed by atoms with van der Waals surface area (Å²) in [5.41, 5.74) is 2.30. The van der Waals surface area contributed by atoms with Gasteiger partial charge >= 0.3 is 0 Å². The number of ether oxygens (including phenoxy) is 1. The van der Waals surface area contributed by atoms with Gasteiger partial charge in [0, 0.05) is 11.7 Å². The molecule has 0 fully saturated rings. The predicted octanol–water partition coefficient (Wildman–Crippen LogP) is 3.56. The molecule has 1 rings (SSSR count). The van der Waals surface area contributed by atoms with E-state index in [0.29, 0.717) is 12.6 Å². The van der Waals surface area contributed by atoms with Crippen molar-refractivity contribution in [2.45, 2.75) is 33.4 Å². The molecule has 0 aromatic heterocycles. The Bertz CT molecular complexity index is 314.